The fraction of sp³-hybridized carbons (Fsp3) is 0.350. The average Bonchev–Trinajstić information content (AvgIpc) is 2.65. The van der Waals surface area contributed by atoms with E-state index in [4.69, 9.17) is 14.2 Å². The van der Waals surface area contributed by atoms with E-state index < -0.39 is 0 Å². The van der Waals surface area contributed by atoms with Crippen molar-refractivity contribution in [1.82, 2.24) is 4.90 Å². The van der Waals surface area contributed by atoms with Gasteiger partial charge in [0.15, 0.2) is 18.1 Å². The van der Waals surface area contributed by atoms with Gasteiger partial charge in [0.1, 0.15) is 5.75 Å². The van der Waals surface area contributed by atoms with Crippen LogP contribution in [0.2, 0.25) is 0 Å². The lowest BCUT2D eigenvalue weighted by Crippen LogP contribution is -2.33. The molecule has 5 heteroatoms. The maximum atomic E-state index is 12.5. The van der Waals surface area contributed by atoms with Crippen LogP contribution in [0.4, 0.5) is 0 Å². The fourth-order valence-corrected chi connectivity index (χ4v) is 2.46. The van der Waals surface area contributed by atoms with Crippen LogP contribution in [0.25, 0.3) is 0 Å². The Morgan fingerprint density at radius 2 is 1.72 bits per heavy atom. The smallest absolute Gasteiger partial charge is 0.260 e. The van der Waals surface area contributed by atoms with Crippen molar-refractivity contribution in [3.05, 3.63) is 53.6 Å². The highest BCUT2D eigenvalue weighted by Crippen LogP contribution is 2.28. The lowest BCUT2D eigenvalue weighted by Gasteiger charge is -2.25. The summed E-state index contributed by atoms with van der Waals surface area (Å²) in [5, 5.41) is 0. The predicted molar refractivity (Wildman–Crippen MR) is 97.4 cm³/mol. The number of aryl methyl sites for hydroxylation is 1. The molecule has 0 aliphatic heterocycles. The number of carbonyl (C=O) groups is 1. The lowest BCUT2D eigenvalue weighted by molar-refractivity contribution is -0.134. The van der Waals surface area contributed by atoms with Gasteiger partial charge in [-0.2, -0.15) is 0 Å². The first-order chi connectivity index (χ1) is 12.0. The molecule has 0 fully saturated rings. The summed E-state index contributed by atoms with van der Waals surface area (Å²) in [5.74, 6) is 1.87. The second-order valence-corrected chi connectivity index (χ2v) is 5.90. The van der Waals surface area contributed by atoms with Gasteiger partial charge in [0, 0.05) is 7.05 Å². The van der Waals surface area contributed by atoms with Gasteiger partial charge in [-0.25, -0.2) is 0 Å². The van der Waals surface area contributed by atoms with Crippen LogP contribution in [-0.2, 0) is 4.79 Å². The molecule has 0 saturated heterocycles. The lowest BCUT2D eigenvalue weighted by atomic mass is 10.1. The monoisotopic (exact) mass is 343 g/mol. The van der Waals surface area contributed by atoms with Gasteiger partial charge in [-0.1, -0.05) is 18.2 Å². The summed E-state index contributed by atoms with van der Waals surface area (Å²) in [6.07, 6.45) is 0. The molecule has 1 unspecified atom stereocenters. The van der Waals surface area contributed by atoms with Crippen molar-refractivity contribution >= 4 is 5.91 Å². The van der Waals surface area contributed by atoms with Gasteiger partial charge in [-0.3, -0.25) is 4.79 Å². The van der Waals surface area contributed by atoms with Crippen LogP contribution in [0.1, 0.15) is 24.1 Å². The molecule has 0 heterocycles. The minimum Gasteiger partial charge on any atom is -0.497 e. The Balaban J connectivity index is 1.99. The van der Waals surface area contributed by atoms with Crippen LogP contribution in [0.15, 0.2) is 42.5 Å². The molecule has 0 N–H and O–H groups in total. The molecular weight excluding hydrogens is 318 g/mol. The Morgan fingerprint density at radius 1 is 1.04 bits per heavy atom. The quantitative estimate of drug-likeness (QED) is 0.770. The van der Waals surface area contributed by atoms with Crippen molar-refractivity contribution in [2.75, 3.05) is 27.9 Å². The number of likely N-dealkylation sites (N-methyl/N-ethyl adjacent to an activating group) is 1. The van der Waals surface area contributed by atoms with Crippen molar-refractivity contribution < 1.29 is 19.0 Å². The van der Waals surface area contributed by atoms with E-state index in [1.54, 1.807) is 26.2 Å². The van der Waals surface area contributed by atoms with Gasteiger partial charge in [0.2, 0.25) is 0 Å². The molecule has 0 bridgehead atoms. The summed E-state index contributed by atoms with van der Waals surface area (Å²) in [7, 11) is 4.99. The second-order valence-electron chi connectivity index (χ2n) is 5.90. The van der Waals surface area contributed by atoms with Crippen LogP contribution in [-0.4, -0.2) is 38.7 Å². The molecule has 5 nitrogen and oxygen atoms in total. The topological polar surface area (TPSA) is 48.0 Å². The minimum atomic E-state index is -0.106. The highest BCUT2D eigenvalue weighted by Gasteiger charge is 2.18. The van der Waals surface area contributed by atoms with Crippen molar-refractivity contribution in [3.63, 3.8) is 0 Å². The molecule has 2 aromatic carbocycles. The summed E-state index contributed by atoms with van der Waals surface area (Å²) in [6.45, 7) is 3.91. The molecule has 0 radical (unpaired) electrons. The number of nitrogens with zero attached hydrogens (tertiary/aromatic N) is 1. The second kappa shape index (κ2) is 8.42. The number of hydrogen-bond donors (Lipinski definition) is 0. The minimum absolute atomic E-state index is 0.0452. The zero-order chi connectivity index (χ0) is 18.4. The van der Waals surface area contributed by atoms with E-state index >= 15 is 0 Å². The molecule has 1 atom stereocenters. The van der Waals surface area contributed by atoms with Crippen LogP contribution in [0.5, 0.6) is 17.2 Å². The van der Waals surface area contributed by atoms with E-state index in [1.807, 2.05) is 56.3 Å². The molecule has 25 heavy (non-hydrogen) atoms. The molecule has 0 aromatic heterocycles. The standard InChI is InChI=1S/C20H25NO4/c1-14-6-11-18(19(12-14)24-5)25-13-20(22)21(3)15(2)16-7-9-17(23-4)10-8-16/h6-12,15H,13H2,1-5H3. The molecule has 134 valence electrons. The van der Waals surface area contributed by atoms with Crippen molar-refractivity contribution in [1.29, 1.82) is 0 Å². The summed E-state index contributed by atoms with van der Waals surface area (Å²) in [6, 6.07) is 13.2. The van der Waals surface area contributed by atoms with Gasteiger partial charge < -0.3 is 19.1 Å². The fourth-order valence-electron chi connectivity index (χ4n) is 2.46. The largest absolute Gasteiger partial charge is 0.497 e. The number of ether oxygens (including phenoxy) is 3. The van der Waals surface area contributed by atoms with E-state index in [9.17, 15) is 4.79 Å². The molecule has 0 aliphatic carbocycles. The van der Waals surface area contributed by atoms with Crippen LogP contribution in [0.3, 0.4) is 0 Å². The van der Waals surface area contributed by atoms with E-state index in [-0.39, 0.29) is 18.6 Å². The molecule has 0 saturated carbocycles. The van der Waals surface area contributed by atoms with Gasteiger partial charge in [0.25, 0.3) is 5.91 Å². The third kappa shape index (κ3) is 4.66. The first-order valence-electron chi connectivity index (χ1n) is 8.13. The Hall–Kier alpha value is -2.69. The van der Waals surface area contributed by atoms with E-state index in [2.05, 4.69) is 0 Å². The van der Waals surface area contributed by atoms with Gasteiger partial charge in [-0.15, -0.1) is 0 Å². The maximum absolute atomic E-state index is 12.5. The van der Waals surface area contributed by atoms with E-state index in [0.29, 0.717) is 11.5 Å². The normalized spacial score (nSPS) is 11.6. The zero-order valence-electron chi connectivity index (χ0n) is 15.4. The summed E-state index contributed by atoms with van der Waals surface area (Å²) in [5.41, 5.74) is 2.10. The highest BCUT2D eigenvalue weighted by molar-refractivity contribution is 5.78. The van der Waals surface area contributed by atoms with Crippen LogP contribution >= 0.6 is 0 Å². The Bertz CT molecular complexity index is 712. The number of methoxy groups -OCH3 is 2. The van der Waals surface area contributed by atoms with Gasteiger partial charge in [0.05, 0.1) is 20.3 Å². The molecule has 1 amide bonds. The third-order valence-corrected chi connectivity index (χ3v) is 4.24. The molecule has 0 spiro atoms. The third-order valence-electron chi connectivity index (χ3n) is 4.24. The SMILES string of the molecule is COc1ccc(C(C)N(C)C(=O)COc2ccc(C)cc2OC)cc1. The number of amides is 1. The molecule has 2 rings (SSSR count). The Labute approximate surface area is 149 Å². The van der Waals surface area contributed by atoms with Gasteiger partial charge in [-0.05, 0) is 49.2 Å². The predicted octanol–water partition coefficient (Wildman–Crippen LogP) is 3.61. The van der Waals surface area contributed by atoms with Gasteiger partial charge >= 0.3 is 0 Å². The number of benzene rings is 2. The Morgan fingerprint density at radius 3 is 2.32 bits per heavy atom. The summed E-state index contributed by atoms with van der Waals surface area (Å²) in [4.78, 5) is 14.1. The first-order valence-corrected chi connectivity index (χ1v) is 8.13. The van der Waals surface area contributed by atoms with Crippen LogP contribution < -0.4 is 14.2 Å². The number of hydrogen-bond acceptors (Lipinski definition) is 4. The van der Waals surface area contributed by atoms with Crippen molar-refractivity contribution in [3.8, 4) is 17.2 Å². The Kier molecular flexibility index (Phi) is 6.28. The van der Waals surface area contributed by atoms with E-state index in [0.717, 1.165) is 16.9 Å². The molecular formula is C20H25NO4. The number of rotatable bonds is 7. The zero-order valence-corrected chi connectivity index (χ0v) is 15.4. The molecule has 0 aliphatic rings. The first kappa shape index (κ1) is 18.6. The summed E-state index contributed by atoms with van der Waals surface area (Å²) >= 11 is 0. The maximum Gasteiger partial charge on any atom is 0.260 e. The summed E-state index contributed by atoms with van der Waals surface area (Å²) < 4.78 is 16.1. The van der Waals surface area contributed by atoms with E-state index in [1.165, 1.54) is 0 Å². The van der Waals surface area contributed by atoms with Crippen LogP contribution in [0, 0.1) is 6.92 Å². The average molecular weight is 343 g/mol. The number of carbonyl (C=O) groups excluding carboxylic acids is 1. The molecule has 2 aromatic rings. The highest BCUT2D eigenvalue weighted by atomic mass is 16.5. The van der Waals surface area contributed by atoms with Crippen molar-refractivity contribution in [2.24, 2.45) is 0 Å². The van der Waals surface area contributed by atoms with Crippen molar-refractivity contribution in [2.45, 2.75) is 19.9 Å².